The first-order valence-electron chi connectivity index (χ1n) is 7.61. The van der Waals surface area contributed by atoms with Crippen molar-refractivity contribution in [1.29, 1.82) is 0 Å². The summed E-state index contributed by atoms with van der Waals surface area (Å²) in [6.07, 6.45) is 1.75. The first-order chi connectivity index (χ1) is 10.6. The number of rotatable bonds is 4. The minimum absolute atomic E-state index is 0.0845. The number of hydrogen-bond donors (Lipinski definition) is 0. The zero-order valence-corrected chi connectivity index (χ0v) is 13.6. The van der Waals surface area contributed by atoms with Gasteiger partial charge in [-0.05, 0) is 30.5 Å². The lowest BCUT2D eigenvalue weighted by Crippen LogP contribution is -2.48. The van der Waals surface area contributed by atoms with Crippen LogP contribution in [0.4, 0.5) is 0 Å². The van der Waals surface area contributed by atoms with E-state index in [1.165, 1.54) is 0 Å². The molecule has 1 aromatic rings. The highest BCUT2D eigenvalue weighted by Gasteiger charge is 2.39. The third kappa shape index (κ3) is 2.99. The quantitative estimate of drug-likeness (QED) is 0.839. The molecule has 6 nitrogen and oxygen atoms in total. The van der Waals surface area contributed by atoms with Crippen LogP contribution in [0.15, 0.2) is 24.3 Å². The summed E-state index contributed by atoms with van der Waals surface area (Å²) in [5, 5.41) is 0. The molecule has 22 heavy (non-hydrogen) atoms. The van der Waals surface area contributed by atoms with Crippen LogP contribution < -0.4 is 4.74 Å². The van der Waals surface area contributed by atoms with Crippen LogP contribution in [0, 0.1) is 0 Å². The molecule has 3 rings (SSSR count). The van der Waals surface area contributed by atoms with Crippen LogP contribution in [0.25, 0.3) is 0 Å². The van der Waals surface area contributed by atoms with E-state index in [1.54, 1.807) is 15.7 Å². The fraction of sp³-hybridized carbons (Fsp3) is 0.600. The summed E-state index contributed by atoms with van der Waals surface area (Å²) in [6.45, 7) is 2.40. The lowest BCUT2D eigenvalue weighted by molar-refractivity contribution is 0.0699. The monoisotopic (exact) mass is 326 g/mol. The third-order valence-corrected chi connectivity index (χ3v) is 6.34. The van der Waals surface area contributed by atoms with Crippen molar-refractivity contribution in [2.75, 3.05) is 40.0 Å². The van der Waals surface area contributed by atoms with Gasteiger partial charge in [-0.1, -0.05) is 12.1 Å². The standard InChI is InChI=1S/C15H22N2O4S/c1-20-14-6-4-13(5-7-14)15-3-2-8-17(15)22(18,19)16-9-11-21-12-10-16/h4-7,15H,2-3,8-12H2,1H3. The van der Waals surface area contributed by atoms with E-state index >= 15 is 0 Å². The zero-order valence-electron chi connectivity index (χ0n) is 12.8. The minimum Gasteiger partial charge on any atom is -0.497 e. The van der Waals surface area contributed by atoms with E-state index in [0.29, 0.717) is 32.8 Å². The highest BCUT2D eigenvalue weighted by Crippen LogP contribution is 2.35. The van der Waals surface area contributed by atoms with Crippen LogP contribution in [0.2, 0.25) is 0 Å². The fourth-order valence-electron chi connectivity index (χ4n) is 3.10. The van der Waals surface area contributed by atoms with Crippen molar-refractivity contribution in [1.82, 2.24) is 8.61 Å². The molecule has 2 aliphatic rings. The minimum atomic E-state index is -3.42. The first kappa shape index (κ1) is 15.7. The van der Waals surface area contributed by atoms with Crippen molar-refractivity contribution >= 4 is 10.2 Å². The second-order valence-corrected chi connectivity index (χ2v) is 7.44. The van der Waals surface area contributed by atoms with Gasteiger partial charge in [0.05, 0.1) is 26.4 Å². The second kappa shape index (κ2) is 6.54. The highest BCUT2D eigenvalue weighted by molar-refractivity contribution is 7.86. The summed E-state index contributed by atoms with van der Waals surface area (Å²) in [5.74, 6) is 0.782. The van der Waals surface area contributed by atoms with E-state index in [4.69, 9.17) is 9.47 Å². The van der Waals surface area contributed by atoms with Gasteiger partial charge in [0.25, 0.3) is 10.2 Å². The van der Waals surface area contributed by atoms with Gasteiger partial charge in [-0.15, -0.1) is 0 Å². The smallest absolute Gasteiger partial charge is 0.282 e. The first-order valence-corrected chi connectivity index (χ1v) is 9.01. The largest absolute Gasteiger partial charge is 0.497 e. The van der Waals surface area contributed by atoms with Crippen molar-refractivity contribution in [2.24, 2.45) is 0 Å². The Morgan fingerprint density at radius 1 is 1.14 bits per heavy atom. The SMILES string of the molecule is COc1ccc(C2CCCN2S(=O)(=O)N2CCOCC2)cc1. The second-order valence-electron chi connectivity index (χ2n) is 5.56. The van der Waals surface area contributed by atoms with Gasteiger partial charge in [-0.25, -0.2) is 0 Å². The lowest BCUT2D eigenvalue weighted by Gasteiger charge is -2.33. The molecular weight excluding hydrogens is 304 g/mol. The van der Waals surface area contributed by atoms with Crippen molar-refractivity contribution in [3.05, 3.63) is 29.8 Å². The number of nitrogens with zero attached hydrogens (tertiary/aromatic N) is 2. The van der Waals surface area contributed by atoms with Crippen molar-refractivity contribution < 1.29 is 17.9 Å². The number of benzene rings is 1. The highest BCUT2D eigenvalue weighted by atomic mass is 32.2. The van der Waals surface area contributed by atoms with Crippen molar-refractivity contribution in [3.63, 3.8) is 0 Å². The molecule has 0 aliphatic carbocycles. The van der Waals surface area contributed by atoms with Gasteiger partial charge >= 0.3 is 0 Å². The number of morpholine rings is 1. The Hall–Kier alpha value is -1.15. The zero-order chi connectivity index (χ0) is 15.6. The molecule has 0 radical (unpaired) electrons. The molecule has 1 unspecified atom stereocenters. The topological polar surface area (TPSA) is 59.1 Å². The van der Waals surface area contributed by atoms with E-state index in [2.05, 4.69) is 0 Å². The molecule has 1 atom stereocenters. The van der Waals surface area contributed by atoms with Crippen LogP contribution in [0.5, 0.6) is 5.75 Å². The summed E-state index contributed by atoms with van der Waals surface area (Å²) < 4.78 is 39.3. The van der Waals surface area contributed by atoms with E-state index in [-0.39, 0.29) is 6.04 Å². The van der Waals surface area contributed by atoms with Crippen LogP contribution in [0.3, 0.4) is 0 Å². The van der Waals surface area contributed by atoms with E-state index in [0.717, 1.165) is 24.2 Å². The van der Waals surface area contributed by atoms with Gasteiger partial charge in [-0.2, -0.15) is 17.0 Å². The Labute approximate surface area is 131 Å². The normalized spacial score (nSPS) is 24.5. The molecule has 0 aromatic heterocycles. The van der Waals surface area contributed by atoms with Gasteiger partial charge < -0.3 is 9.47 Å². The summed E-state index contributed by atoms with van der Waals surface area (Å²) in [5.41, 5.74) is 1.02. The van der Waals surface area contributed by atoms with Gasteiger partial charge in [0.1, 0.15) is 5.75 Å². The van der Waals surface area contributed by atoms with Crippen LogP contribution in [-0.4, -0.2) is 57.0 Å². The summed E-state index contributed by atoms with van der Waals surface area (Å²) in [7, 11) is -1.79. The molecule has 0 saturated carbocycles. The van der Waals surface area contributed by atoms with E-state index in [1.807, 2.05) is 24.3 Å². The third-order valence-electron chi connectivity index (χ3n) is 4.30. The summed E-state index contributed by atoms with van der Waals surface area (Å²) in [6, 6.07) is 7.59. The average molecular weight is 326 g/mol. The summed E-state index contributed by atoms with van der Waals surface area (Å²) in [4.78, 5) is 0. The molecule has 7 heteroatoms. The predicted molar refractivity (Wildman–Crippen MR) is 83.0 cm³/mol. The molecule has 0 amide bonds. The molecule has 122 valence electrons. The maximum Gasteiger partial charge on any atom is 0.282 e. The average Bonchev–Trinajstić information content (AvgIpc) is 3.06. The maximum absolute atomic E-state index is 12.9. The Morgan fingerprint density at radius 3 is 2.45 bits per heavy atom. The Kier molecular flexibility index (Phi) is 4.67. The van der Waals surface area contributed by atoms with E-state index < -0.39 is 10.2 Å². The fourth-order valence-corrected chi connectivity index (χ4v) is 4.92. The number of ether oxygens (including phenoxy) is 2. The van der Waals surface area contributed by atoms with Gasteiger partial charge in [0.15, 0.2) is 0 Å². The van der Waals surface area contributed by atoms with Crippen LogP contribution >= 0.6 is 0 Å². The number of methoxy groups -OCH3 is 1. The lowest BCUT2D eigenvalue weighted by atomic mass is 10.1. The molecule has 2 saturated heterocycles. The molecule has 0 N–H and O–H groups in total. The van der Waals surface area contributed by atoms with Gasteiger partial charge in [0, 0.05) is 19.6 Å². The molecular formula is C15H22N2O4S. The van der Waals surface area contributed by atoms with Gasteiger partial charge in [0.2, 0.25) is 0 Å². The Morgan fingerprint density at radius 2 is 1.82 bits per heavy atom. The number of hydrogen-bond acceptors (Lipinski definition) is 4. The predicted octanol–water partition coefficient (Wildman–Crippen LogP) is 1.41. The molecule has 0 bridgehead atoms. The Balaban J connectivity index is 1.82. The molecule has 2 fully saturated rings. The van der Waals surface area contributed by atoms with E-state index in [9.17, 15) is 8.42 Å². The van der Waals surface area contributed by atoms with Crippen molar-refractivity contribution in [2.45, 2.75) is 18.9 Å². The molecule has 1 aromatic carbocycles. The summed E-state index contributed by atoms with van der Waals surface area (Å²) >= 11 is 0. The molecule has 2 heterocycles. The Bertz CT molecular complexity index is 596. The van der Waals surface area contributed by atoms with Crippen molar-refractivity contribution in [3.8, 4) is 5.75 Å². The maximum atomic E-state index is 12.9. The van der Waals surface area contributed by atoms with Crippen LogP contribution in [-0.2, 0) is 14.9 Å². The van der Waals surface area contributed by atoms with Gasteiger partial charge in [-0.3, -0.25) is 0 Å². The van der Waals surface area contributed by atoms with Crippen LogP contribution in [0.1, 0.15) is 24.4 Å². The molecule has 0 spiro atoms. The molecule has 2 aliphatic heterocycles.